The number of nitrogens with two attached hydrogens (primary N) is 1. The lowest BCUT2D eigenvalue weighted by Gasteiger charge is -2.40. The monoisotopic (exact) mass is 289 g/mol. The molecule has 1 fully saturated rings. The predicted octanol–water partition coefficient (Wildman–Crippen LogP) is 2.10. The van der Waals surface area contributed by atoms with Crippen LogP contribution >= 0.6 is 0 Å². The number of likely N-dealkylation sites (N-methyl/N-ethyl adjacent to an activating group) is 1. The summed E-state index contributed by atoms with van der Waals surface area (Å²) in [5.41, 5.74) is 6.98. The molecule has 0 aromatic heterocycles. The van der Waals surface area contributed by atoms with Crippen LogP contribution in [-0.2, 0) is 10.2 Å². The maximum Gasteiger partial charge on any atom is 0.232 e. The minimum Gasteiger partial charge on any atom is -0.399 e. The number of carbonyl (C=O) groups is 1. The number of likely N-dealkylation sites (tertiary alicyclic amines) is 1. The van der Waals surface area contributed by atoms with E-state index in [4.69, 9.17) is 5.73 Å². The van der Waals surface area contributed by atoms with Gasteiger partial charge in [0.1, 0.15) is 0 Å². The Morgan fingerprint density at radius 1 is 1.29 bits per heavy atom. The van der Waals surface area contributed by atoms with Gasteiger partial charge in [0.2, 0.25) is 5.91 Å². The van der Waals surface area contributed by atoms with Crippen molar-refractivity contribution in [2.45, 2.75) is 38.1 Å². The zero-order valence-electron chi connectivity index (χ0n) is 13.6. The van der Waals surface area contributed by atoms with E-state index in [-0.39, 0.29) is 5.91 Å². The van der Waals surface area contributed by atoms with Crippen molar-refractivity contribution in [2.24, 2.45) is 0 Å². The minimum atomic E-state index is -0.512. The van der Waals surface area contributed by atoms with Gasteiger partial charge in [-0.15, -0.1) is 0 Å². The van der Waals surface area contributed by atoms with Crippen molar-refractivity contribution in [3.05, 3.63) is 29.8 Å². The van der Waals surface area contributed by atoms with E-state index in [0.29, 0.717) is 6.04 Å². The van der Waals surface area contributed by atoms with Crippen molar-refractivity contribution in [3.63, 3.8) is 0 Å². The first-order chi connectivity index (χ1) is 9.82. The zero-order valence-corrected chi connectivity index (χ0v) is 13.6. The maximum absolute atomic E-state index is 12.9. The summed E-state index contributed by atoms with van der Waals surface area (Å²) in [5.74, 6) is 0.207. The van der Waals surface area contributed by atoms with Crippen molar-refractivity contribution < 1.29 is 4.79 Å². The second-order valence-electron chi connectivity index (χ2n) is 6.76. The Balaban J connectivity index is 2.15. The van der Waals surface area contributed by atoms with Gasteiger partial charge >= 0.3 is 0 Å². The molecule has 1 unspecified atom stereocenters. The maximum atomic E-state index is 12.9. The van der Waals surface area contributed by atoms with Crippen LogP contribution in [0, 0.1) is 0 Å². The predicted molar refractivity (Wildman–Crippen MR) is 87.2 cm³/mol. The van der Waals surface area contributed by atoms with Crippen LogP contribution < -0.4 is 5.73 Å². The quantitative estimate of drug-likeness (QED) is 0.867. The second kappa shape index (κ2) is 6.06. The lowest BCUT2D eigenvalue weighted by atomic mass is 9.82. The van der Waals surface area contributed by atoms with Gasteiger partial charge < -0.3 is 15.5 Å². The highest BCUT2D eigenvalue weighted by Crippen LogP contribution is 2.28. The molecule has 1 heterocycles. The lowest BCUT2D eigenvalue weighted by molar-refractivity contribution is -0.138. The smallest absolute Gasteiger partial charge is 0.232 e. The topological polar surface area (TPSA) is 49.6 Å². The summed E-state index contributed by atoms with van der Waals surface area (Å²) in [7, 11) is 4.17. The van der Waals surface area contributed by atoms with E-state index in [0.717, 1.165) is 30.8 Å². The van der Waals surface area contributed by atoms with Gasteiger partial charge in [-0.25, -0.2) is 0 Å². The SMILES string of the molecule is CN(C)C1CCCN(C(=O)C(C)(C)c2ccc(N)cc2)C1. The number of anilines is 1. The molecule has 0 radical (unpaired) electrons. The van der Waals surface area contributed by atoms with Gasteiger partial charge in [-0.1, -0.05) is 12.1 Å². The van der Waals surface area contributed by atoms with Crippen LogP contribution in [-0.4, -0.2) is 48.9 Å². The average molecular weight is 289 g/mol. The minimum absolute atomic E-state index is 0.207. The summed E-state index contributed by atoms with van der Waals surface area (Å²) >= 11 is 0. The zero-order chi connectivity index (χ0) is 15.6. The van der Waals surface area contributed by atoms with Gasteiger partial charge in [-0.2, -0.15) is 0 Å². The number of hydrogen-bond acceptors (Lipinski definition) is 3. The van der Waals surface area contributed by atoms with Crippen LogP contribution in [0.3, 0.4) is 0 Å². The van der Waals surface area contributed by atoms with E-state index in [2.05, 4.69) is 19.0 Å². The Morgan fingerprint density at radius 3 is 2.48 bits per heavy atom. The fourth-order valence-electron chi connectivity index (χ4n) is 2.98. The van der Waals surface area contributed by atoms with Gasteiger partial charge in [-0.05, 0) is 58.5 Å². The highest BCUT2D eigenvalue weighted by atomic mass is 16.2. The molecule has 1 aliphatic rings. The summed E-state index contributed by atoms with van der Waals surface area (Å²) < 4.78 is 0. The van der Waals surface area contributed by atoms with Crippen LogP contribution in [0.15, 0.2) is 24.3 Å². The molecule has 4 nitrogen and oxygen atoms in total. The van der Waals surface area contributed by atoms with Gasteiger partial charge in [0.25, 0.3) is 0 Å². The molecule has 0 saturated carbocycles. The number of nitrogens with zero attached hydrogens (tertiary/aromatic N) is 2. The highest BCUT2D eigenvalue weighted by Gasteiger charge is 2.36. The van der Waals surface area contributed by atoms with E-state index in [9.17, 15) is 4.79 Å². The van der Waals surface area contributed by atoms with Crippen LogP contribution in [0.25, 0.3) is 0 Å². The third-order valence-electron chi connectivity index (χ3n) is 4.58. The number of piperidine rings is 1. The summed E-state index contributed by atoms with van der Waals surface area (Å²) in [4.78, 5) is 17.2. The Kier molecular flexibility index (Phi) is 4.57. The summed E-state index contributed by atoms with van der Waals surface area (Å²) in [5, 5.41) is 0. The Morgan fingerprint density at radius 2 is 1.90 bits per heavy atom. The normalized spacial score (nSPS) is 19.9. The molecule has 1 aliphatic heterocycles. The first kappa shape index (κ1) is 15.8. The van der Waals surface area contributed by atoms with Gasteiger partial charge in [-0.3, -0.25) is 4.79 Å². The largest absolute Gasteiger partial charge is 0.399 e. The van der Waals surface area contributed by atoms with Crippen molar-refractivity contribution in [3.8, 4) is 0 Å². The van der Waals surface area contributed by atoms with E-state index >= 15 is 0 Å². The fraction of sp³-hybridized carbons (Fsp3) is 0.588. The molecule has 21 heavy (non-hydrogen) atoms. The van der Waals surface area contributed by atoms with Gasteiger partial charge in [0, 0.05) is 24.8 Å². The lowest BCUT2D eigenvalue weighted by Crippen LogP contribution is -2.52. The number of hydrogen-bond donors (Lipinski definition) is 1. The molecule has 0 spiro atoms. The molecule has 1 saturated heterocycles. The fourth-order valence-corrected chi connectivity index (χ4v) is 2.98. The Hall–Kier alpha value is -1.55. The van der Waals surface area contributed by atoms with E-state index < -0.39 is 5.41 Å². The van der Waals surface area contributed by atoms with Crippen molar-refractivity contribution in [1.29, 1.82) is 0 Å². The number of benzene rings is 1. The van der Waals surface area contributed by atoms with Crippen LogP contribution in [0.4, 0.5) is 5.69 Å². The Bertz CT molecular complexity index is 493. The summed E-state index contributed by atoms with van der Waals surface area (Å²) in [6, 6.07) is 8.11. The van der Waals surface area contributed by atoms with E-state index in [1.165, 1.54) is 6.42 Å². The van der Waals surface area contributed by atoms with Crippen molar-refractivity contribution in [2.75, 3.05) is 32.9 Å². The molecule has 2 N–H and O–H groups in total. The van der Waals surface area contributed by atoms with Crippen LogP contribution in [0.1, 0.15) is 32.3 Å². The molecule has 116 valence electrons. The standard InChI is InChI=1S/C17H27N3O/c1-17(2,13-7-9-14(18)10-8-13)16(21)20-11-5-6-15(12-20)19(3)4/h7-10,15H,5-6,11-12,18H2,1-4H3. The van der Waals surface area contributed by atoms with Crippen molar-refractivity contribution in [1.82, 2.24) is 9.80 Å². The molecule has 0 bridgehead atoms. The molecular formula is C17H27N3O. The van der Waals surface area contributed by atoms with E-state index in [1.807, 2.05) is 43.0 Å². The molecule has 1 aromatic rings. The Labute approximate surface area is 127 Å². The molecule has 1 amide bonds. The second-order valence-corrected chi connectivity index (χ2v) is 6.76. The molecule has 1 atom stereocenters. The third-order valence-corrected chi connectivity index (χ3v) is 4.58. The van der Waals surface area contributed by atoms with Crippen LogP contribution in [0.5, 0.6) is 0 Å². The van der Waals surface area contributed by atoms with E-state index in [1.54, 1.807) is 0 Å². The molecule has 1 aromatic carbocycles. The highest BCUT2D eigenvalue weighted by molar-refractivity contribution is 5.87. The number of rotatable bonds is 3. The number of amides is 1. The molecule has 0 aliphatic carbocycles. The summed E-state index contributed by atoms with van der Waals surface area (Å²) in [6.45, 7) is 5.69. The first-order valence-corrected chi connectivity index (χ1v) is 7.64. The summed E-state index contributed by atoms with van der Waals surface area (Å²) in [6.07, 6.45) is 2.24. The molecule has 2 rings (SSSR count). The number of nitrogen functional groups attached to an aromatic ring is 1. The number of carbonyl (C=O) groups excluding carboxylic acids is 1. The average Bonchev–Trinajstić information content (AvgIpc) is 2.47. The third kappa shape index (κ3) is 3.38. The first-order valence-electron chi connectivity index (χ1n) is 7.64. The molecular weight excluding hydrogens is 262 g/mol. The van der Waals surface area contributed by atoms with Gasteiger partial charge in [0.15, 0.2) is 0 Å². The molecule has 4 heteroatoms. The van der Waals surface area contributed by atoms with Crippen molar-refractivity contribution >= 4 is 11.6 Å². The van der Waals surface area contributed by atoms with Gasteiger partial charge in [0.05, 0.1) is 5.41 Å². The van der Waals surface area contributed by atoms with Crippen LogP contribution in [0.2, 0.25) is 0 Å².